The Labute approximate surface area is 158 Å². The van der Waals surface area contributed by atoms with Gasteiger partial charge in [0.25, 0.3) is 0 Å². The van der Waals surface area contributed by atoms with Crippen molar-refractivity contribution in [3.05, 3.63) is 23.9 Å². The highest BCUT2D eigenvalue weighted by Gasteiger charge is 2.30. The van der Waals surface area contributed by atoms with Gasteiger partial charge in [0.15, 0.2) is 0 Å². The van der Waals surface area contributed by atoms with Crippen LogP contribution in [0, 0.1) is 28.6 Å². The molecule has 2 heterocycles. The van der Waals surface area contributed by atoms with Crippen LogP contribution in [0.3, 0.4) is 0 Å². The van der Waals surface area contributed by atoms with Gasteiger partial charge in [-0.2, -0.15) is 10.5 Å². The molecule has 0 aromatic carbocycles. The molecule has 3 atom stereocenters. The third-order valence-corrected chi connectivity index (χ3v) is 6.31. The Morgan fingerprint density at radius 1 is 1.35 bits per heavy atom. The molecule has 1 saturated heterocycles. The summed E-state index contributed by atoms with van der Waals surface area (Å²) >= 11 is 1.73. The molecule has 26 heavy (non-hydrogen) atoms. The first-order valence-corrected chi connectivity index (χ1v) is 10.1. The molecule has 0 spiro atoms. The molecule has 1 aliphatic carbocycles. The quantitative estimate of drug-likeness (QED) is 0.774. The van der Waals surface area contributed by atoms with Crippen LogP contribution < -0.4 is 5.32 Å². The number of nitrogens with zero attached hydrogens (tertiary/aromatic N) is 4. The zero-order chi connectivity index (χ0) is 18.4. The van der Waals surface area contributed by atoms with E-state index in [1.54, 1.807) is 28.9 Å². The van der Waals surface area contributed by atoms with Gasteiger partial charge in [-0.15, -0.1) is 11.8 Å². The molecule has 2 fully saturated rings. The summed E-state index contributed by atoms with van der Waals surface area (Å²) in [6.07, 6.45) is 6.64. The van der Waals surface area contributed by atoms with Crippen molar-refractivity contribution in [2.45, 2.75) is 49.2 Å². The van der Waals surface area contributed by atoms with Crippen molar-refractivity contribution < 1.29 is 4.79 Å². The number of amides is 1. The number of thioether (sulfide) groups is 1. The lowest BCUT2D eigenvalue weighted by molar-refractivity contribution is -0.130. The van der Waals surface area contributed by atoms with E-state index in [1.165, 1.54) is 0 Å². The van der Waals surface area contributed by atoms with Crippen molar-refractivity contribution in [2.75, 3.05) is 18.8 Å². The van der Waals surface area contributed by atoms with E-state index in [-0.39, 0.29) is 11.9 Å². The number of hydrogen-bond acceptors (Lipinski definition) is 6. The van der Waals surface area contributed by atoms with E-state index in [9.17, 15) is 4.79 Å². The first kappa shape index (κ1) is 18.7. The zero-order valence-electron chi connectivity index (χ0n) is 14.7. The van der Waals surface area contributed by atoms with Crippen molar-refractivity contribution in [3.8, 4) is 12.1 Å². The molecule has 2 aliphatic rings. The van der Waals surface area contributed by atoms with Gasteiger partial charge in [-0.05, 0) is 50.2 Å². The normalized spacial score (nSPS) is 25.0. The summed E-state index contributed by atoms with van der Waals surface area (Å²) < 4.78 is 0. The molecule has 1 aliphatic heterocycles. The maximum Gasteiger partial charge on any atom is 0.237 e. The molecule has 1 aromatic rings. The predicted octanol–water partition coefficient (Wildman–Crippen LogP) is 2.32. The van der Waals surface area contributed by atoms with Crippen molar-refractivity contribution in [1.29, 1.82) is 10.5 Å². The van der Waals surface area contributed by atoms with Crippen molar-refractivity contribution in [1.82, 2.24) is 15.2 Å². The number of carbonyl (C=O) groups is 1. The smallest absolute Gasteiger partial charge is 0.237 e. The third kappa shape index (κ3) is 4.75. The monoisotopic (exact) mass is 369 g/mol. The Morgan fingerprint density at radius 3 is 2.96 bits per heavy atom. The summed E-state index contributed by atoms with van der Waals surface area (Å²) in [6, 6.07) is 8.13. The number of likely N-dealkylation sites (tertiary alicyclic amines) is 1. The summed E-state index contributed by atoms with van der Waals surface area (Å²) in [4.78, 5) is 18.3. The minimum absolute atomic E-state index is 0.0497. The van der Waals surface area contributed by atoms with Gasteiger partial charge in [-0.3, -0.25) is 4.79 Å². The Morgan fingerprint density at radius 2 is 2.23 bits per heavy atom. The standard InChI is InChI=1S/C19H23N5OS/c20-9-15-4-6-18(23-11-15)26-13-14-3-5-16(8-14)22-12-19(25)24-7-1-2-17(24)10-21/h4,6,11,14,16-17,22H,1-3,5,7-8,12-13H2/t14-,16-,17+/m1/s1. The van der Waals surface area contributed by atoms with Crippen LogP contribution in [0.2, 0.25) is 0 Å². The number of carbonyl (C=O) groups excluding carboxylic acids is 1. The van der Waals surface area contributed by atoms with E-state index in [4.69, 9.17) is 10.5 Å². The lowest BCUT2D eigenvalue weighted by atomic mass is 10.1. The molecular weight excluding hydrogens is 346 g/mol. The number of nitrogens with one attached hydrogen (secondary N) is 1. The molecule has 7 heteroatoms. The Kier molecular flexibility index (Phi) is 6.49. The summed E-state index contributed by atoms with van der Waals surface area (Å²) in [5.74, 6) is 1.67. The van der Waals surface area contributed by atoms with Crippen LogP contribution in [-0.4, -0.2) is 46.7 Å². The van der Waals surface area contributed by atoms with Gasteiger partial charge in [0.05, 0.1) is 23.2 Å². The lowest BCUT2D eigenvalue weighted by Crippen LogP contribution is -2.42. The van der Waals surface area contributed by atoms with Crippen molar-refractivity contribution in [3.63, 3.8) is 0 Å². The van der Waals surface area contributed by atoms with E-state index in [1.807, 2.05) is 6.07 Å². The molecule has 0 bridgehead atoms. The van der Waals surface area contributed by atoms with Gasteiger partial charge in [0.1, 0.15) is 12.1 Å². The summed E-state index contributed by atoms with van der Waals surface area (Å²) in [5, 5.41) is 22.2. The molecule has 136 valence electrons. The Hall–Kier alpha value is -2.09. The highest BCUT2D eigenvalue weighted by Crippen LogP contribution is 2.30. The van der Waals surface area contributed by atoms with E-state index < -0.39 is 0 Å². The number of pyridine rings is 1. The number of hydrogen-bond donors (Lipinski definition) is 1. The molecule has 1 N–H and O–H groups in total. The molecule has 0 unspecified atom stereocenters. The highest BCUT2D eigenvalue weighted by molar-refractivity contribution is 7.99. The lowest BCUT2D eigenvalue weighted by Gasteiger charge is -2.21. The van der Waals surface area contributed by atoms with Gasteiger partial charge in [0.2, 0.25) is 5.91 Å². The van der Waals surface area contributed by atoms with E-state index in [0.717, 1.165) is 42.9 Å². The van der Waals surface area contributed by atoms with Crippen LogP contribution in [0.25, 0.3) is 0 Å². The topological polar surface area (TPSA) is 92.8 Å². The first-order chi connectivity index (χ1) is 12.7. The second-order valence-corrected chi connectivity index (χ2v) is 7.98. The molecular formula is C19H23N5OS. The van der Waals surface area contributed by atoms with Gasteiger partial charge in [0, 0.05) is 24.5 Å². The van der Waals surface area contributed by atoms with E-state index >= 15 is 0 Å². The maximum atomic E-state index is 12.3. The SMILES string of the molecule is N#Cc1ccc(SC[C@@H]2CC[C@@H](NCC(=O)N3CCC[C@H]3C#N)C2)nc1. The fraction of sp³-hybridized carbons (Fsp3) is 0.579. The van der Waals surface area contributed by atoms with Crippen LogP contribution in [0.1, 0.15) is 37.7 Å². The minimum Gasteiger partial charge on any atom is -0.326 e. The summed E-state index contributed by atoms with van der Waals surface area (Å²) in [6.45, 7) is 1.04. The van der Waals surface area contributed by atoms with E-state index in [0.29, 0.717) is 30.6 Å². The number of aromatic nitrogens is 1. The van der Waals surface area contributed by atoms with Crippen LogP contribution in [-0.2, 0) is 4.79 Å². The number of nitriles is 2. The highest BCUT2D eigenvalue weighted by atomic mass is 32.2. The Balaban J connectivity index is 1.38. The molecule has 1 amide bonds. The summed E-state index contributed by atoms with van der Waals surface area (Å²) in [7, 11) is 0. The minimum atomic E-state index is -0.239. The molecule has 0 radical (unpaired) electrons. The maximum absolute atomic E-state index is 12.3. The second kappa shape index (κ2) is 9.02. The van der Waals surface area contributed by atoms with Crippen molar-refractivity contribution in [2.24, 2.45) is 5.92 Å². The second-order valence-electron chi connectivity index (χ2n) is 6.94. The Bertz CT molecular complexity index is 708. The predicted molar refractivity (Wildman–Crippen MR) is 99.2 cm³/mol. The molecule has 1 aromatic heterocycles. The fourth-order valence-corrected chi connectivity index (χ4v) is 4.68. The fourth-order valence-electron chi connectivity index (χ4n) is 3.68. The average Bonchev–Trinajstić information content (AvgIpc) is 3.34. The summed E-state index contributed by atoms with van der Waals surface area (Å²) in [5.41, 5.74) is 0.584. The van der Waals surface area contributed by atoms with E-state index in [2.05, 4.69) is 22.4 Å². The van der Waals surface area contributed by atoms with Crippen LogP contribution >= 0.6 is 11.8 Å². The van der Waals surface area contributed by atoms with Gasteiger partial charge < -0.3 is 10.2 Å². The van der Waals surface area contributed by atoms with Crippen LogP contribution in [0.5, 0.6) is 0 Å². The molecule has 6 nitrogen and oxygen atoms in total. The molecule has 3 rings (SSSR count). The van der Waals surface area contributed by atoms with Gasteiger partial charge >= 0.3 is 0 Å². The first-order valence-electron chi connectivity index (χ1n) is 9.11. The number of rotatable bonds is 6. The van der Waals surface area contributed by atoms with Gasteiger partial charge in [-0.1, -0.05) is 0 Å². The zero-order valence-corrected chi connectivity index (χ0v) is 15.5. The van der Waals surface area contributed by atoms with Crippen LogP contribution in [0.15, 0.2) is 23.4 Å². The largest absolute Gasteiger partial charge is 0.326 e. The van der Waals surface area contributed by atoms with Gasteiger partial charge in [-0.25, -0.2) is 4.98 Å². The average molecular weight is 369 g/mol. The third-order valence-electron chi connectivity index (χ3n) is 5.14. The molecule has 1 saturated carbocycles. The van der Waals surface area contributed by atoms with Crippen LogP contribution in [0.4, 0.5) is 0 Å². The van der Waals surface area contributed by atoms with Crippen molar-refractivity contribution >= 4 is 17.7 Å².